The van der Waals surface area contributed by atoms with Crippen LogP contribution in [-0.2, 0) is 4.74 Å². The summed E-state index contributed by atoms with van der Waals surface area (Å²) >= 11 is 6.18. The average molecular weight is 356 g/mol. The number of benzene rings is 1. The Hall–Kier alpha value is -2.42. The van der Waals surface area contributed by atoms with E-state index in [-0.39, 0.29) is 22.7 Å². The second kappa shape index (κ2) is 6.83. The summed E-state index contributed by atoms with van der Waals surface area (Å²) in [5.41, 5.74) is 1.02. The van der Waals surface area contributed by atoms with Crippen molar-refractivity contribution in [2.75, 3.05) is 13.2 Å². The van der Waals surface area contributed by atoms with Crippen LogP contribution in [0.4, 0.5) is 0 Å². The first-order chi connectivity index (χ1) is 11.9. The molecule has 1 atom stereocenters. The molecular weight excluding hydrogens is 338 g/mol. The molecule has 1 fully saturated rings. The fourth-order valence-corrected chi connectivity index (χ4v) is 3.11. The van der Waals surface area contributed by atoms with E-state index < -0.39 is 5.54 Å². The van der Waals surface area contributed by atoms with Crippen LogP contribution in [0.1, 0.15) is 41.6 Å². The van der Waals surface area contributed by atoms with Crippen LogP contribution in [0.25, 0.3) is 0 Å². The molecule has 1 amide bonds. The van der Waals surface area contributed by atoms with Crippen molar-refractivity contribution >= 4 is 17.5 Å². The molecule has 0 radical (unpaired) electrons. The van der Waals surface area contributed by atoms with E-state index in [2.05, 4.69) is 4.98 Å². The number of hydrogen-bond donors (Lipinski definition) is 0. The third-order valence-electron chi connectivity index (χ3n) is 4.31. The monoisotopic (exact) mass is 355 g/mol. The van der Waals surface area contributed by atoms with Gasteiger partial charge in [0.05, 0.1) is 29.3 Å². The topological polar surface area (TPSA) is 66.2 Å². The number of morpholine rings is 1. The van der Waals surface area contributed by atoms with Crippen LogP contribution in [0.3, 0.4) is 0 Å². The third kappa shape index (κ3) is 3.51. The number of ether oxygens (including phenoxy) is 1. The Morgan fingerprint density at radius 2 is 2.12 bits per heavy atom. The van der Waals surface area contributed by atoms with Crippen molar-refractivity contribution in [1.82, 2.24) is 9.88 Å². The zero-order chi connectivity index (χ0) is 18.0. The maximum Gasteiger partial charge on any atom is 0.274 e. The lowest BCUT2D eigenvalue weighted by Gasteiger charge is -2.45. The molecule has 128 valence electrons. The number of aromatic nitrogens is 1. The van der Waals surface area contributed by atoms with Crippen molar-refractivity contribution in [3.8, 4) is 6.07 Å². The number of rotatable bonds is 2. The van der Waals surface area contributed by atoms with Gasteiger partial charge >= 0.3 is 0 Å². The second-order valence-corrected chi connectivity index (χ2v) is 7.01. The number of amides is 1. The molecule has 1 aromatic carbocycles. The van der Waals surface area contributed by atoms with Crippen LogP contribution < -0.4 is 0 Å². The normalized spacial score (nSPS) is 19.3. The number of hydrogen-bond acceptors (Lipinski definition) is 4. The summed E-state index contributed by atoms with van der Waals surface area (Å²) < 4.78 is 5.97. The maximum atomic E-state index is 13.1. The van der Waals surface area contributed by atoms with Crippen LogP contribution in [-0.4, -0.2) is 34.5 Å². The van der Waals surface area contributed by atoms with E-state index in [9.17, 15) is 4.79 Å². The molecule has 6 heteroatoms. The Morgan fingerprint density at radius 3 is 2.76 bits per heavy atom. The van der Waals surface area contributed by atoms with E-state index >= 15 is 0 Å². The van der Waals surface area contributed by atoms with Gasteiger partial charge in [-0.15, -0.1) is 0 Å². The first-order valence-electron chi connectivity index (χ1n) is 7.96. The standard InChI is InChI=1S/C19H18ClN3O2/c1-19(2)12-25-16(14-6-4-3-5-7-14)11-23(19)18(24)17-15(20)8-13(9-21)10-22-17/h3-8,10,16H,11-12H2,1-2H3. The second-order valence-electron chi connectivity index (χ2n) is 6.60. The molecule has 2 heterocycles. The Bertz CT molecular complexity index is 830. The average Bonchev–Trinajstić information content (AvgIpc) is 2.61. The summed E-state index contributed by atoms with van der Waals surface area (Å²) in [4.78, 5) is 18.9. The van der Waals surface area contributed by atoms with Crippen LogP contribution in [0.15, 0.2) is 42.6 Å². The summed E-state index contributed by atoms with van der Waals surface area (Å²) in [6.45, 7) is 4.72. The molecule has 0 saturated carbocycles. The lowest BCUT2D eigenvalue weighted by Crippen LogP contribution is -2.56. The molecule has 0 N–H and O–H groups in total. The van der Waals surface area contributed by atoms with E-state index in [1.165, 1.54) is 12.3 Å². The van der Waals surface area contributed by atoms with Crippen molar-refractivity contribution in [3.05, 3.63) is 64.4 Å². The molecule has 1 aliphatic heterocycles. The van der Waals surface area contributed by atoms with E-state index in [4.69, 9.17) is 21.6 Å². The molecular formula is C19H18ClN3O2. The van der Waals surface area contributed by atoms with Gasteiger partial charge in [-0.3, -0.25) is 4.79 Å². The van der Waals surface area contributed by atoms with E-state index in [1.807, 2.05) is 50.2 Å². The van der Waals surface area contributed by atoms with Crippen molar-refractivity contribution in [2.24, 2.45) is 0 Å². The molecule has 5 nitrogen and oxygen atoms in total. The summed E-state index contributed by atoms with van der Waals surface area (Å²) in [7, 11) is 0. The number of carbonyl (C=O) groups is 1. The fraction of sp³-hybridized carbons (Fsp3) is 0.316. The molecule has 2 aromatic rings. The van der Waals surface area contributed by atoms with E-state index in [1.54, 1.807) is 4.90 Å². The Balaban J connectivity index is 1.90. The Morgan fingerprint density at radius 1 is 1.40 bits per heavy atom. The molecule has 1 saturated heterocycles. The van der Waals surface area contributed by atoms with Gasteiger partial charge in [0.15, 0.2) is 0 Å². The van der Waals surface area contributed by atoms with E-state index in [0.29, 0.717) is 18.7 Å². The van der Waals surface area contributed by atoms with Crippen molar-refractivity contribution in [1.29, 1.82) is 5.26 Å². The molecule has 0 bridgehead atoms. The van der Waals surface area contributed by atoms with Gasteiger partial charge in [0.2, 0.25) is 0 Å². The third-order valence-corrected chi connectivity index (χ3v) is 4.59. The largest absolute Gasteiger partial charge is 0.369 e. The fourth-order valence-electron chi connectivity index (χ4n) is 2.86. The molecule has 1 unspecified atom stereocenters. The number of nitriles is 1. The van der Waals surface area contributed by atoms with Gasteiger partial charge in [-0.25, -0.2) is 4.98 Å². The Labute approximate surface area is 151 Å². The van der Waals surface area contributed by atoms with Gasteiger partial charge in [0.1, 0.15) is 17.9 Å². The zero-order valence-corrected chi connectivity index (χ0v) is 14.8. The number of halogens is 1. The smallest absolute Gasteiger partial charge is 0.274 e. The minimum Gasteiger partial charge on any atom is -0.369 e. The van der Waals surface area contributed by atoms with Gasteiger partial charge in [0.25, 0.3) is 5.91 Å². The molecule has 3 rings (SSSR count). The predicted octanol–water partition coefficient (Wildman–Crippen LogP) is 3.60. The highest BCUT2D eigenvalue weighted by Gasteiger charge is 2.39. The molecule has 25 heavy (non-hydrogen) atoms. The number of nitrogens with zero attached hydrogens (tertiary/aromatic N) is 3. The minimum absolute atomic E-state index is 0.155. The van der Waals surface area contributed by atoms with Crippen molar-refractivity contribution in [3.63, 3.8) is 0 Å². The minimum atomic E-state index is -0.485. The van der Waals surface area contributed by atoms with Crippen LogP contribution in [0, 0.1) is 11.3 Å². The van der Waals surface area contributed by atoms with Crippen LogP contribution in [0.5, 0.6) is 0 Å². The summed E-state index contributed by atoms with van der Waals surface area (Å²) in [5, 5.41) is 9.11. The van der Waals surface area contributed by atoms with Crippen LogP contribution in [0.2, 0.25) is 5.02 Å². The van der Waals surface area contributed by atoms with Gasteiger partial charge in [-0.1, -0.05) is 41.9 Å². The highest BCUT2D eigenvalue weighted by Crippen LogP contribution is 2.32. The van der Waals surface area contributed by atoms with Crippen molar-refractivity contribution < 1.29 is 9.53 Å². The highest BCUT2D eigenvalue weighted by atomic mass is 35.5. The number of carbonyl (C=O) groups excluding carboxylic acids is 1. The molecule has 0 aliphatic carbocycles. The zero-order valence-electron chi connectivity index (χ0n) is 14.1. The maximum absolute atomic E-state index is 13.1. The quantitative estimate of drug-likeness (QED) is 0.825. The summed E-state index contributed by atoms with van der Waals surface area (Å²) in [5.74, 6) is -0.260. The summed E-state index contributed by atoms with van der Waals surface area (Å²) in [6.07, 6.45) is 1.16. The molecule has 1 aromatic heterocycles. The van der Waals surface area contributed by atoms with Gasteiger partial charge in [-0.2, -0.15) is 5.26 Å². The number of pyridine rings is 1. The molecule has 0 spiro atoms. The van der Waals surface area contributed by atoms with Crippen molar-refractivity contribution in [2.45, 2.75) is 25.5 Å². The lowest BCUT2D eigenvalue weighted by molar-refractivity contribution is -0.0848. The van der Waals surface area contributed by atoms with Gasteiger partial charge < -0.3 is 9.64 Å². The van der Waals surface area contributed by atoms with Crippen LogP contribution >= 0.6 is 11.6 Å². The summed E-state index contributed by atoms with van der Waals surface area (Å²) in [6, 6.07) is 13.2. The Kier molecular flexibility index (Phi) is 4.76. The SMILES string of the molecule is CC1(C)COC(c2ccccc2)CN1C(=O)c1ncc(C#N)cc1Cl. The van der Waals surface area contributed by atoms with Gasteiger partial charge in [-0.05, 0) is 25.5 Å². The molecule has 1 aliphatic rings. The highest BCUT2D eigenvalue weighted by molar-refractivity contribution is 6.33. The first-order valence-corrected chi connectivity index (χ1v) is 8.34. The van der Waals surface area contributed by atoms with E-state index in [0.717, 1.165) is 5.56 Å². The predicted molar refractivity (Wildman–Crippen MR) is 94.2 cm³/mol. The lowest BCUT2D eigenvalue weighted by atomic mass is 9.97. The first kappa shape index (κ1) is 17.4. The van der Waals surface area contributed by atoms with Gasteiger partial charge in [0, 0.05) is 6.20 Å².